The van der Waals surface area contributed by atoms with Gasteiger partial charge >= 0.3 is 0 Å². The number of hydrogen-bond acceptors (Lipinski definition) is 5. The molecule has 0 unspecified atom stereocenters. The Bertz CT molecular complexity index is 640. The highest BCUT2D eigenvalue weighted by molar-refractivity contribution is 5.46. The van der Waals surface area contributed by atoms with Gasteiger partial charge < -0.3 is 9.47 Å². The van der Waals surface area contributed by atoms with Crippen molar-refractivity contribution < 1.29 is 9.47 Å². The number of pyridine rings is 1. The van der Waals surface area contributed by atoms with E-state index in [0.29, 0.717) is 0 Å². The normalized spacial score (nSPS) is 16.1. The van der Waals surface area contributed by atoms with E-state index in [1.165, 1.54) is 11.1 Å². The van der Waals surface area contributed by atoms with Crippen molar-refractivity contribution in [3.63, 3.8) is 0 Å². The van der Waals surface area contributed by atoms with Crippen LogP contribution >= 0.6 is 0 Å². The fourth-order valence-corrected chi connectivity index (χ4v) is 3.17. The monoisotopic (exact) mass is 327 g/mol. The Morgan fingerprint density at radius 3 is 2.29 bits per heavy atom. The number of nitrogens with zero attached hydrogens (tertiary/aromatic N) is 3. The molecule has 1 aliphatic rings. The molecule has 2 aromatic rings. The third-order valence-corrected chi connectivity index (χ3v) is 4.47. The van der Waals surface area contributed by atoms with Crippen LogP contribution in [0.2, 0.25) is 0 Å². The van der Waals surface area contributed by atoms with Crippen molar-refractivity contribution >= 4 is 0 Å². The summed E-state index contributed by atoms with van der Waals surface area (Å²) in [4.78, 5) is 9.15. The van der Waals surface area contributed by atoms with Crippen LogP contribution in [0, 0.1) is 0 Å². The Kier molecular flexibility index (Phi) is 5.67. The Morgan fingerprint density at radius 2 is 1.67 bits per heavy atom. The standard InChI is InChI=1S/C19H25N3O2/c1-23-18-7-3-6-17(19(18)24-2)15-22-11-9-21(10-12-22)14-16-5-4-8-20-13-16/h3-8,13H,9-12,14-15H2,1-2H3. The van der Waals surface area contributed by atoms with Gasteiger partial charge in [-0.1, -0.05) is 18.2 Å². The zero-order chi connectivity index (χ0) is 16.8. The first-order valence-corrected chi connectivity index (χ1v) is 8.33. The minimum atomic E-state index is 0.796. The Balaban J connectivity index is 1.56. The molecular formula is C19H25N3O2. The summed E-state index contributed by atoms with van der Waals surface area (Å²) < 4.78 is 10.9. The largest absolute Gasteiger partial charge is 0.493 e. The number of ether oxygens (including phenoxy) is 2. The second-order valence-corrected chi connectivity index (χ2v) is 6.07. The fraction of sp³-hybridized carbons (Fsp3) is 0.421. The average molecular weight is 327 g/mol. The van der Waals surface area contributed by atoms with E-state index in [-0.39, 0.29) is 0 Å². The second-order valence-electron chi connectivity index (χ2n) is 6.07. The van der Waals surface area contributed by atoms with Crippen LogP contribution in [0.15, 0.2) is 42.7 Å². The molecule has 24 heavy (non-hydrogen) atoms. The van der Waals surface area contributed by atoms with Crippen LogP contribution in [0.25, 0.3) is 0 Å². The highest BCUT2D eigenvalue weighted by Crippen LogP contribution is 2.31. The lowest BCUT2D eigenvalue weighted by Gasteiger charge is -2.35. The SMILES string of the molecule is COc1cccc(CN2CCN(Cc3cccnc3)CC2)c1OC. The first-order valence-electron chi connectivity index (χ1n) is 8.33. The first kappa shape index (κ1) is 16.7. The summed E-state index contributed by atoms with van der Waals surface area (Å²) in [5, 5.41) is 0. The van der Waals surface area contributed by atoms with Gasteiger partial charge in [0.25, 0.3) is 0 Å². The number of methoxy groups -OCH3 is 2. The second kappa shape index (κ2) is 8.13. The zero-order valence-corrected chi connectivity index (χ0v) is 14.4. The van der Waals surface area contributed by atoms with Gasteiger partial charge in [-0.15, -0.1) is 0 Å². The number of piperazine rings is 1. The third kappa shape index (κ3) is 4.04. The maximum atomic E-state index is 5.54. The maximum absolute atomic E-state index is 5.54. The van der Waals surface area contributed by atoms with Crippen LogP contribution < -0.4 is 9.47 Å². The summed E-state index contributed by atoms with van der Waals surface area (Å²) in [6, 6.07) is 10.2. The molecule has 0 atom stereocenters. The summed E-state index contributed by atoms with van der Waals surface area (Å²) >= 11 is 0. The minimum Gasteiger partial charge on any atom is -0.493 e. The predicted octanol–water partition coefficient (Wildman–Crippen LogP) is 2.42. The summed E-state index contributed by atoms with van der Waals surface area (Å²) in [6.45, 7) is 6.12. The van der Waals surface area contributed by atoms with E-state index in [1.54, 1.807) is 14.2 Å². The van der Waals surface area contributed by atoms with Crippen LogP contribution in [0.5, 0.6) is 11.5 Å². The highest BCUT2D eigenvalue weighted by Gasteiger charge is 2.19. The fourth-order valence-electron chi connectivity index (χ4n) is 3.17. The van der Waals surface area contributed by atoms with E-state index < -0.39 is 0 Å². The Morgan fingerprint density at radius 1 is 0.917 bits per heavy atom. The summed E-state index contributed by atoms with van der Waals surface area (Å²) in [5.41, 5.74) is 2.46. The molecule has 0 spiro atoms. The van der Waals surface area contributed by atoms with Gasteiger partial charge in [0.2, 0.25) is 0 Å². The number of para-hydroxylation sites is 1. The van der Waals surface area contributed by atoms with Crippen LogP contribution in [0.1, 0.15) is 11.1 Å². The van der Waals surface area contributed by atoms with Gasteiger partial charge in [-0.3, -0.25) is 14.8 Å². The molecule has 1 aliphatic heterocycles. The molecule has 128 valence electrons. The molecule has 1 saturated heterocycles. The molecule has 3 rings (SSSR count). The van der Waals surface area contributed by atoms with Gasteiger partial charge in [0.1, 0.15) is 0 Å². The van der Waals surface area contributed by atoms with Gasteiger partial charge in [-0.05, 0) is 17.7 Å². The lowest BCUT2D eigenvalue weighted by molar-refractivity contribution is 0.121. The van der Waals surface area contributed by atoms with Crippen LogP contribution in [0.4, 0.5) is 0 Å². The molecule has 5 heteroatoms. The van der Waals surface area contributed by atoms with Crippen LogP contribution in [-0.2, 0) is 13.1 Å². The number of aromatic nitrogens is 1. The molecule has 2 heterocycles. The smallest absolute Gasteiger partial charge is 0.165 e. The molecule has 0 saturated carbocycles. The molecule has 0 bridgehead atoms. The molecular weight excluding hydrogens is 302 g/mol. The van der Waals surface area contributed by atoms with Crippen molar-refractivity contribution in [2.75, 3.05) is 40.4 Å². The zero-order valence-electron chi connectivity index (χ0n) is 14.4. The third-order valence-electron chi connectivity index (χ3n) is 4.47. The van der Waals surface area contributed by atoms with Crippen LogP contribution in [0.3, 0.4) is 0 Å². The van der Waals surface area contributed by atoms with Gasteiger partial charge in [-0.2, -0.15) is 0 Å². The molecule has 1 aromatic carbocycles. The van der Waals surface area contributed by atoms with Crippen molar-refractivity contribution in [1.82, 2.24) is 14.8 Å². The van der Waals surface area contributed by atoms with Crippen molar-refractivity contribution in [2.45, 2.75) is 13.1 Å². The first-order chi connectivity index (χ1) is 11.8. The van der Waals surface area contributed by atoms with Gasteiger partial charge in [0.05, 0.1) is 14.2 Å². The highest BCUT2D eigenvalue weighted by atomic mass is 16.5. The minimum absolute atomic E-state index is 0.796. The predicted molar refractivity (Wildman–Crippen MR) is 94.3 cm³/mol. The van der Waals surface area contributed by atoms with E-state index >= 15 is 0 Å². The number of rotatable bonds is 6. The Hall–Kier alpha value is -2.11. The Labute approximate surface area is 143 Å². The van der Waals surface area contributed by atoms with Crippen molar-refractivity contribution in [3.8, 4) is 11.5 Å². The molecule has 1 aromatic heterocycles. The van der Waals surface area contributed by atoms with E-state index in [2.05, 4.69) is 26.9 Å². The maximum Gasteiger partial charge on any atom is 0.165 e. The molecule has 0 amide bonds. The molecule has 0 radical (unpaired) electrons. The summed E-state index contributed by atoms with van der Waals surface area (Å²) in [7, 11) is 3.38. The van der Waals surface area contributed by atoms with Crippen molar-refractivity contribution in [2.24, 2.45) is 0 Å². The summed E-state index contributed by atoms with van der Waals surface area (Å²) in [5.74, 6) is 1.64. The van der Waals surface area contributed by atoms with E-state index in [9.17, 15) is 0 Å². The molecule has 0 N–H and O–H groups in total. The van der Waals surface area contributed by atoms with Crippen LogP contribution in [-0.4, -0.2) is 55.2 Å². The molecule has 1 fully saturated rings. The number of hydrogen-bond donors (Lipinski definition) is 0. The lowest BCUT2D eigenvalue weighted by atomic mass is 10.1. The van der Waals surface area contributed by atoms with Crippen molar-refractivity contribution in [1.29, 1.82) is 0 Å². The number of benzene rings is 1. The quantitative estimate of drug-likeness (QED) is 0.814. The molecule has 5 nitrogen and oxygen atoms in total. The topological polar surface area (TPSA) is 37.8 Å². The lowest BCUT2D eigenvalue weighted by Crippen LogP contribution is -2.45. The molecule has 0 aliphatic carbocycles. The van der Waals surface area contributed by atoms with Gasteiger partial charge in [0.15, 0.2) is 11.5 Å². The average Bonchev–Trinajstić information content (AvgIpc) is 2.64. The van der Waals surface area contributed by atoms with Gasteiger partial charge in [-0.25, -0.2) is 0 Å². The van der Waals surface area contributed by atoms with E-state index in [1.807, 2.05) is 30.6 Å². The van der Waals surface area contributed by atoms with E-state index in [4.69, 9.17) is 9.47 Å². The summed E-state index contributed by atoms with van der Waals surface area (Å²) in [6.07, 6.45) is 3.77. The van der Waals surface area contributed by atoms with Crippen molar-refractivity contribution in [3.05, 3.63) is 53.9 Å². The van der Waals surface area contributed by atoms with E-state index in [0.717, 1.165) is 50.8 Å². The van der Waals surface area contributed by atoms with Gasteiger partial charge in [0, 0.05) is 57.2 Å².